The lowest BCUT2D eigenvalue weighted by Crippen LogP contribution is -2.47. The zero-order valence-corrected chi connectivity index (χ0v) is 16.7. The molecule has 2 heterocycles. The average Bonchev–Trinajstić information content (AvgIpc) is 3.15. The number of hydrogen-bond donors (Lipinski definition) is 1. The van der Waals surface area contributed by atoms with Gasteiger partial charge in [0.25, 0.3) is 0 Å². The van der Waals surface area contributed by atoms with Crippen LogP contribution in [0, 0.1) is 0 Å². The molecule has 1 atom stereocenters. The quantitative estimate of drug-likeness (QED) is 0.574. The minimum atomic E-state index is -0.164. The van der Waals surface area contributed by atoms with E-state index in [-0.39, 0.29) is 12.1 Å². The molecular formula is C19H24BrN3O3. The number of rotatable bonds is 6. The number of benzene rings is 1. The number of fused-ring (bicyclic) bond motifs is 1. The van der Waals surface area contributed by atoms with E-state index in [0.29, 0.717) is 24.6 Å². The Morgan fingerprint density at radius 1 is 1.23 bits per heavy atom. The van der Waals surface area contributed by atoms with E-state index in [0.717, 1.165) is 29.6 Å². The summed E-state index contributed by atoms with van der Waals surface area (Å²) in [5.41, 5.74) is 2.09. The van der Waals surface area contributed by atoms with Gasteiger partial charge in [-0.3, -0.25) is 0 Å². The van der Waals surface area contributed by atoms with E-state index in [2.05, 4.69) is 38.1 Å². The van der Waals surface area contributed by atoms with Crippen molar-refractivity contribution in [3.63, 3.8) is 0 Å². The lowest BCUT2D eigenvalue weighted by molar-refractivity contribution is 0.168. The van der Waals surface area contributed by atoms with Crippen LogP contribution in [0.1, 0.15) is 23.7 Å². The van der Waals surface area contributed by atoms with Crippen LogP contribution < -0.4 is 14.8 Å². The van der Waals surface area contributed by atoms with Crippen LogP contribution in [-0.4, -0.2) is 48.1 Å². The number of halogens is 1. The number of methoxy groups -OCH3 is 2. The van der Waals surface area contributed by atoms with E-state index in [1.807, 2.05) is 29.2 Å². The van der Waals surface area contributed by atoms with Crippen molar-refractivity contribution in [3.8, 4) is 11.5 Å². The van der Waals surface area contributed by atoms with Gasteiger partial charge in [-0.05, 0) is 36.2 Å². The van der Waals surface area contributed by atoms with E-state index >= 15 is 0 Å². The topological polar surface area (TPSA) is 55.7 Å². The summed E-state index contributed by atoms with van der Waals surface area (Å²) in [5.74, 6) is 1.34. The third-order valence-electron chi connectivity index (χ3n) is 4.61. The fourth-order valence-corrected chi connectivity index (χ4v) is 3.62. The molecule has 1 aliphatic heterocycles. The lowest BCUT2D eigenvalue weighted by atomic mass is 9.99. The second-order valence-corrected chi connectivity index (χ2v) is 6.90. The molecule has 0 unspecified atom stereocenters. The molecule has 0 saturated heterocycles. The number of nitrogens with one attached hydrogen (secondary N) is 1. The summed E-state index contributed by atoms with van der Waals surface area (Å²) >= 11 is 3.40. The molecule has 0 spiro atoms. The van der Waals surface area contributed by atoms with Gasteiger partial charge in [0.2, 0.25) is 0 Å². The third kappa shape index (κ3) is 3.67. The van der Waals surface area contributed by atoms with Gasteiger partial charge in [-0.2, -0.15) is 0 Å². The fraction of sp³-hybridized carbons (Fsp3) is 0.421. The number of ether oxygens (including phenoxy) is 2. The third-order valence-corrected chi connectivity index (χ3v) is 5.17. The predicted molar refractivity (Wildman–Crippen MR) is 104 cm³/mol. The van der Waals surface area contributed by atoms with Crippen LogP contribution in [0.25, 0.3) is 0 Å². The molecule has 6 nitrogen and oxygen atoms in total. The maximum Gasteiger partial charge on any atom is 0.318 e. The van der Waals surface area contributed by atoms with Crippen molar-refractivity contribution < 1.29 is 14.3 Å². The Labute approximate surface area is 162 Å². The Hall–Kier alpha value is -2.15. The van der Waals surface area contributed by atoms with Gasteiger partial charge in [0.15, 0.2) is 11.5 Å². The zero-order chi connectivity index (χ0) is 18.5. The van der Waals surface area contributed by atoms with Crippen LogP contribution in [-0.2, 0) is 6.54 Å². The number of aromatic nitrogens is 1. The standard InChI is InChI=1S/C19H24BrN3O3/c1-25-16-7-6-14(13-17(16)26-2)18-15-5-3-10-22(15)11-12-23(18)19(24)21-9-4-8-20/h3,5-7,10,13,18H,4,8-9,11-12H2,1-2H3,(H,21,24)/t18-/m1/s1. The highest BCUT2D eigenvalue weighted by Gasteiger charge is 2.32. The first-order valence-electron chi connectivity index (χ1n) is 8.67. The van der Waals surface area contributed by atoms with Crippen LogP contribution in [0.5, 0.6) is 11.5 Å². The summed E-state index contributed by atoms with van der Waals surface area (Å²) in [6.07, 6.45) is 2.96. The maximum absolute atomic E-state index is 12.8. The number of hydrogen-bond acceptors (Lipinski definition) is 3. The number of urea groups is 1. The molecule has 2 aromatic rings. The Kier molecular flexibility index (Phi) is 6.08. The van der Waals surface area contributed by atoms with Crippen molar-refractivity contribution in [1.82, 2.24) is 14.8 Å². The number of carbonyl (C=O) groups excluding carboxylic acids is 1. The maximum atomic E-state index is 12.8. The van der Waals surface area contributed by atoms with E-state index < -0.39 is 0 Å². The van der Waals surface area contributed by atoms with Gasteiger partial charge in [-0.1, -0.05) is 22.0 Å². The largest absolute Gasteiger partial charge is 0.493 e. The number of amides is 2. The van der Waals surface area contributed by atoms with Crippen LogP contribution in [0.3, 0.4) is 0 Å². The fourth-order valence-electron chi connectivity index (χ4n) is 3.34. The molecular weight excluding hydrogens is 398 g/mol. The SMILES string of the molecule is COc1ccc([C@@H]2c3cccn3CCN2C(=O)NCCCBr)cc1OC. The molecule has 26 heavy (non-hydrogen) atoms. The first kappa shape index (κ1) is 18.6. The summed E-state index contributed by atoms with van der Waals surface area (Å²) in [4.78, 5) is 14.7. The van der Waals surface area contributed by atoms with Crippen molar-refractivity contribution in [3.05, 3.63) is 47.8 Å². The Balaban J connectivity index is 1.95. The number of alkyl halides is 1. The number of carbonyl (C=O) groups is 1. The smallest absolute Gasteiger partial charge is 0.318 e. The molecule has 1 aromatic heterocycles. The minimum absolute atomic E-state index is 0.0433. The molecule has 0 bridgehead atoms. The van der Waals surface area contributed by atoms with Gasteiger partial charge in [-0.15, -0.1) is 0 Å². The first-order valence-corrected chi connectivity index (χ1v) is 9.79. The Morgan fingerprint density at radius 2 is 2.04 bits per heavy atom. The summed E-state index contributed by atoms with van der Waals surface area (Å²) in [5, 5.41) is 3.89. The minimum Gasteiger partial charge on any atom is -0.493 e. The average molecular weight is 422 g/mol. The van der Waals surface area contributed by atoms with Gasteiger partial charge >= 0.3 is 6.03 Å². The molecule has 1 aromatic carbocycles. The molecule has 1 aliphatic rings. The molecule has 1 N–H and O–H groups in total. The van der Waals surface area contributed by atoms with E-state index in [1.54, 1.807) is 14.2 Å². The second kappa shape index (κ2) is 8.49. The van der Waals surface area contributed by atoms with Crippen LogP contribution in [0.15, 0.2) is 36.5 Å². The Morgan fingerprint density at radius 3 is 2.77 bits per heavy atom. The van der Waals surface area contributed by atoms with Crippen molar-refractivity contribution in [2.24, 2.45) is 0 Å². The van der Waals surface area contributed by atoms with Gasteiger partial charge in [0.05, 0.1) is 20.3 Å². The second-order valence-electron chi connectivity index (χ2n) is 6.11. The molecule has 7 heteroatoms. The highest BCUT2D eigenvalue weighted by atomic mass is 79.9. The van der Waals surface area contributed by atoms with Gasteiger partial charge in [0, 0.05) is 36.9 Å². The summed E-state index contributed by atoms with van der Waals surface area (Å²) < 4.78 is 13.0. The molecule has 0 saturated carbocycles. The van der Waals surface area contributed by atoms with Crippen molar-refractivity contribution in [2.75, 3.05) is 32.6 Å². The van der Waals surface area contributed by atoms with E-state index in [4.69, 9.17) is 9.47 Å². The molecule has 3 rings (SSSR count). The normalized spacial score (nSPS) is 16.1. The van der Waals surface area contributed by atoms with Crippen LogP contribution in [0.4, 0.5) is 4.79 Å². The van der Waals surface area contributed by atoms with E-state index in [9.17, 15) is 4.79 Å². The highest BCUT2D eigenvalue weighted by molar-refractivity contribution is 9.09. The summed E-state index contributed by atoms with van der Waals surface area (Å²) in [6.45, 7) is 2.10. The predicted octanol–water partition coefficient (Wildman–Crippen LogP) is 3.40. The van der Waals surface area contributed by atoms with Gasteiger partial charge in [0.1, 0.15) is 0 Å². The summed E-state index contributed by atoms with van der Waals surface area (Å²) in [7, 11) is 3.24. The molecule has 140 valence electrons. The number of nitrogens with zero attached hydrogens (tertiary/aromatic N) is 2. The van der Waals surface area contributed by atoms with Crippen molar-refractivity contribution >= 4 is 22.0 Å². The highest BCUT2D eigenvalue weighted by Crippen LogP contribution is 2.37. The molecule has 2 amide bonds. The Bertz CT molecular complexity index is 762. The summed E-state index contributed by atoms with van der Waals surface area (Å²) in [6, 6.07) is 9.71. The zero-order valence-electron chi connectivity index (χ0n) is 15.1. The monoisotopic (exact) mass is 421 g/mol. The van der Waals surface area contributed by atoms with E-state index in [1.165, 1.54) is 0 Å². The van der Waals surface area contributed by atoms with Gasteiger partial charge < -0.3 is 24.3 Å². The van der Waals surface area contributed by atoms with Gasteiger partial charge in [-0.25, -0.2) is 4.79 Å². The van der Waals surface area contributed by atoms with Crippen LogP contribution >= 0.6 is 15.9 Å². The van der Waals surface area contributed by atoms with Crippen molar-refractivity contribution in [2.45, 2.75) is 19.0 Å². The van der Waals surface area contributed by atoms with Crippen LogP contribution in [0.2, 0.25) is 0 Å². The first-order chi connectivity index (χ1) is 12.7. The lowest BCUT2D eigenvalue weighted by Gasteiger charge is -2.37. The molecule has 0 radical (unpaired) electrons. The van der Waals surface area contributed by atoms with Crippen molar-refractivity contribution in [1.29, 1.82) is 0 Å². The molecule has 0 aliphatic carbocycles. The molecule has 0 fully saturated rings.